The average molecular weight is 606 g/mol. The summed E-state index contributed by atoms with van der Waals surface area (Å²) in [6.45, 7) is 7.40. The van der Waals surface area contributed by atoms with Gasteiger partial charge in [-0.2, -0.15) is 0 Å². The summed E-state index contributed by atoms with van der Waals surface area (Å²) in [6.07, 6.45) is 5.95. The molecule has 3 aromatic rings. The van der Waals surface area contributed by atoms with Gasteiger partial charge in [-0.1, -0.05) is 44.0 Å². The maximum Gasteiger partial charge on any atom is 0.232 e. The van der Waals surface area contributed by atoms with Gasteiger partial charge >= 0.3 is 0 Å². The highest BCUT2D eigenvalue weighted by Gasteiger charge is 2.36. The van der Waals surface area contributed by atoms with Crippen LogP contribution in [0.15, 0.2) is 60.7 Å². The monoisotopic (exact) mass is 605 g/mol. The molecule has 0 spiro atoms. The Bertz CT molecular complexity index is 1340. The minimum atomic E-state index is -0.328. The van der Waals surface area contributed by atoms with Crippen molar-refractivity contribution in [1.82, 2.24) is 4.90 Å². The van der Waals surface area contributed by atoms with Crippen molar-refractivity contribution in [2.75, 3.05) is 44.6 Å². The van der Waals surface area contributed by atoms with E-state index in [2.05, 4.69) is 82.0 Å². The third-order valence-electron chi connectivity index (χ3n) is 8.73. The molecule has 1 amide bonds. The number of carbonyl (C=O) groups is 1. The number of hydrogen-bond acceptors (Lipinski definition) is 5. The van der Waals surface area contributed by atoms with Crippen molar-refractivity contribution in [1.29, 1.82) is 0 Å². The quantitative estimate of drug-likeness (QED) is 0.174. The fourth-order valence-corrected chi connectivity index (χ4v) is 6.05. The van der Waals surface area contributed by atoms with Crippen LogP contribution in [-0.2, 0) is 11.2 Å². The van der Waals surface area contributed by atoms with Crippen molar-refractivity contribution < 1.29 is 14.3 Å². The van der Waals surface area contributed by atoms with Crippen molar-refractivity contribution in [2.45, 2.75) is 77.5 Å². The van der Waals surface area contributed by atoms with Crippen LogP contribution < -0.4 is 19.3 Å². The molecule has 1 heterocycles. The molecule has 4 rings (SSSR count). The number of ether oxygens (including phenoxy) is 2. The third kappa shape index (κ3) is 7.84. The van der Waals surface area contributed by atoms with Gasteiger partial charge < -0.3 is 24.2 Å². The Morgan fingerprint density at radius 3 is 2.26 bits per heavy atom. The number of amides is 1. The zero-order chi connectivity index (χ0) is 31.1. The Balaban J connectivity index is 1.62. The molecule has 1 aliphatic rings. The highest BCUT2D eigenvalue weighted by atomic mass is 35.5. The third-order valence-corrected chi connectivity index (χ3v) is 8.98. The van der Waals surface area contributed by atoms with Crippen LogP contribution in [0.5, 0.6) is 11.5 Å². The van der Waals surface area contributed by atoms with E-state index in [9.17, 15) is 4.79 Å². The van der Waals surface area contributed by atoms with Crippen LogP contribution >= 0.6 is 11.6 Å². The molecule has 232 valence electrons. The fraction of sp³-hybridized carbons (Fsp3) is 0.472. The number of halogens is 1. The summed E-state index contributed by atoms with van der Waals surface area (Å²) in [4.78, 5) is 20.4. The largest absolute Gasteiger partial charge is 0.493 e. The molecule has 0 aliphatic carbocycles. The summed E-state index contributed by atoms with van der Waals surface area (Å²) >= 11 is 6.28. The highest BCUT2D eigenvalue weighted by Crippen LogP contribution is 2.44. The van der Waals surface area contributed by atoms with Crippen molar-refractivity contribution in [3.8, 4) is 11.5 Å². The molecule has 43 heavy (non-hydrogen) atoms. The second kappa shape index (κ2) is 15.0. The summed E-state index contributed by atoms with van der Waals surface area (Å²) in [5.41, 5.74) is 4.98. The van der Waals surface area contributed by atoms with Gasteiger partial charge in [-0.25, -0.2) is 0 Å². The van der Waals surface area contributed by atoms with Crippen LogP contribution in [0.25, 0.3) is 0 Å². The normalized spacial score (nSPS) is 16.2. The summed E-state index contributed by atoms with van der Waals surface area (Å²) in [7, 11) is 8.12. The van der Waals surface area contributed by atoms with E-state index in [1.807, 2.05) is 35.2 Å². The first-order chi connectivity index (χ1) is 20.7. The SMILES string of the molecule is CCC(C)Oc1cc2c(cc1OC)CC(=O)N(c1ccc(N(C)CCCCC(CC)N(C)C)cc1)C2c1ccc(Cl)cc1. The highest BCUT2D eigenvalue weighted by molar-refractivity contribution is 6.30. The van der Waals surface area contributed by atoms with Crippen LogP contribution in [0.2, 0.25) is 5.02 Å². The van der Waals surface area contributed by atoms with Crippen molar-refractivity contribution in [3.63, 3.8) is 0 Å². The predicted octanol–water partition coefficient (Wildman–Crippen LogP) is 8.15. The first-order valence-electron chi connectivity index (χ1n) is 15.6. The molecular weight excluding hydrogens is 558 g/mol. The van der Waals surface area contributed by atoms with Crippen molar-refractivity contribution in [3.05, 3.63) is 82.4 Å². The lowest BCUT2D eigenvalue weighted by Gasteiger charge is -2.38. The standard InChI is InChI=1S/C36H48ClN3O3/c1-8-25(3)43-34-24-32-27(22-33(34)42-7)23-35(41)40(36(32)26-13-15-28(37)16-14-26)31-19-17-30(18-20-31)39(6)21-11-10-12-29(9-2)38(4)5/h13-20,22,24-25,29,36H,8-12,21,23H2,1-7H3. The topological polar surface area (TPSA) is 45.3 Å². The second-order valence-corrected chi connectivity index (χ2v) is 12.3. The summed E-state index contributed by atoms with van der Waals surface area (Å²) < 4.78 is 12.0. The second-order valence-electron chi connectivity index (χ2n) is 11.9. The van der Waals surface area contributed by atoms with E-state index in [0.29, 0.717) is 22.6 Å². The molecule has 0 fully saturated rings. The van der Waals surface area contributed by atoms with Gasteiger partial charge in [-0.3, -0.25) is 4.79 Å². The lowest BCUT2D eigenvalue weighted by atomic mass is 9.86. The molecule has 0 radical (unpaired) electrons. The Morgan fingerprint density at radius 2 is 1.65 bits per heavy atom. The molecule has 3 unspecified atom stereocenters. The van der Waals surface area contributed by atoms with Gasteiger partial charge in [-0.05, 0) is 112 Å². The van der Waals surface area contributed by atoms with Gasteiger partial charge in [0.05, 0.1) is 25.7 Å². The first kappa shape index (κ1) is 32.7. The molecule has 0 aromatic heterocycles. The number of methoxy groups -OCH3 is 1. The lowest BCUT2D eigenvalue weighted by molar-refractivity contribution is -0.118. The maximum atomic E-state index is 13.9. The Morgan fingerprint density at radius 1 is 0.953 bits per heavy atom. The van der Waals surface area contributed by atoms with E-state index < -0.39 is 0 Å². The van der Waals surface area contributed by atoms with Gasteiger partial charge in [0.25, 0.3) is 0 Å². The number of nitrogens with zero attached hydrogens (tertiary/aromatic N) is 3. The Labute approximate surface area is 263 Å². The molecule has 0 saturated carbocycles. The zero-order valence-corrected chi connectivity index (χ0v) is 27.7. The smallest absolute Gasteiger partial charge is 0.232 e. The van der Waals surface area contributed by atoms with E-state index in [0.717, 1.165) is 47.5 Å². The number of carbonyl (C=O) groups excluding carboxylic acids is 1. The van der Waals surface area contributed by atoms with Crippen LogP contribution in [0, 0.1) is 0 Å². The molecule has 7 heteroatoms. The fourth-order valence-electron chi connectivity index (χ4n) is 5.93. The number of benzene rings is 3. The van der Waals surface area contributed by atoms with E-state index in [1.165, 1.54) is 19.3 Å². The van der Waals surface area contributed by atoms with Crippen LogP contribution in [0.4, 0.5) is 11.4 Å². The van der Waals surface area contributed by atoms with Gasteiger partial charge in [0.15, 0.2) is 11.5 Å². The summed E-state index contributed by atoms with van der Waals surface area (Å²) in [6, 6.07) is 20.5. The average Bonchev–Trinajstić information content (AvgIpc) is 3.00. The van der Waals surface area contributed by atoms with Gasteiger partial charge in [0, 0.05) is 36.0 Å². The van der Waals surface area contributed by atoms with Gasteiger partial charge in [-0.15, -0.1) is 0 Å². The van der Waals surface area contributed by atoms with Crippen molar-refractivity contribution >= 4 is 28.9 Å². The molecule has 6 nitrogen and oxygen atoms in total. The lowest BCUT2D eigenvalue weighted by Crippen LogP contribution is -2.41. The van der Waals surface area contributed by atoms with Crippen molar-refractivity contribution in [2.24, 2.45) is 0 Å². The molecular formula is C36H48ClN3O3. The number of anilines is 2. The van der Waals surface area contributed by atoms with Gasteiger partial charge in [0.1, 0.15) is 0 Å². The maximum absolute atomic E-state index is 13.9. The summed E-state index contributed by atoms with van der Waals surface area (Å²) in [5.74, 6) is 1.38. The molecule has 0 N–H and O–H groups in total. The number of fused-ring (bicyclic) bond motifs is 1. The number of unbranched alkanes of at least 4 members (excludes halogenated alkanes) is 1. The molecule has 1 aliphatic heterocycles. The summed E-state index contributed by atoms with van der Waals surface area (Å²) in [5, 5.41) is 0.660. The van der Waals surface area contributed by atoms with Crippen LogP contribution in [0.3, 0.4) is 0 Å². The molecule has 3 atom stereocenters. The van der Waals surface area contributed by atoms with E-state index in [-0.39, 0.29) is 24.5 Å². The van der Waals surface area contributed by atoms with Crippen LogP contribution in [0.1, 0.15) is 75.6 Å². The van der Waals surface area contributed by atoms with E-state index in [1.54, 1.807) is 7.11 Å². The minimum Gasteiger partial charge on any atom is -0.493 e. The van der Waals surface area contributed by atoms with Gasteiger partial charge in [0.2, 0.25) is 5.91 Å². The molecule has 3 aromatic carbocycles. The predicted molar refractivity (Wildman–Crippen MR) is 179 cm³/mol. The first-order valence-corrected chi connectivity index (χ1v) is 16.0. The minimum absolute atomic E-state index is 0.0350. The zero-order valence-electron chi connectivity index (χ0n) is 26.9. The Hall–Kier alpha value is -3.22. The number of rotatable bonds is 14. The van der Waals surface area contributed by atoms with E-state index >= 15 is 0 Å². The number of hydrogen-bond donors (Lipinski definition) is 0. The van der Waals surface area contributed by atoms with E-state index in [4.69, 9.17) is 21.1 Å². The van der Waals surface area contributed by atoms with Crippen LogP contribution in [-0.4, -0.2) is 57.8 Å². The Kier molecular flexibility index (Phi) is 11.4. The molecule has 0 saturated heterocycles. The molecule has 0 bridgehead atoms.